The van der Waals surface area contributed by atoms with Crippen molar-refractivity contribution in [2.24, 2.45) is 0 Å². The lowest BCUT2D eigenvalue weighted by Crippen LogP contribution is -2.50. The van der Waals surface area contributed by atoms with Gasteiger partial charge in [-0.15, -0.1) is 0 Å². The molecule has 0 amide bonds. The van der Waals surface area contributed by atoms with Gasteiger partial charge in [0.2, 0.25) is 5.43 Å². The van der Waals surface area contributed by atoms with E-state index in [1.165, 1.54) is 18.7 Å². The van der Waals surface area contributed by atoms with Crippen molar-refractivity contribution in [2.75, 3.05) is 46.4 Å². The molecule has 204 valence electrons. The maximum Gasteiger partial charge on any atom is 0.343 e. The van der Waals surface area contributed by atoms with Crippen molar-refractivity contribution < 1.29 is 18.7 Å². The minimum atomic E-state index is -0.686. The number of rotatable bonds is 8. The molecule has 0 N–H and O–H groups in total. The lowest BCUT2D eigenvalue weighted by atomic mass is 9.99. The third-order valence-electron chi connectivity index (χ3n) is 8.13. The predicted octanol–water partition coefficient (Wildman–Crippen LogP) is 4.29. The maximum absolute atomic E-state index is 15.9. The van der Waals surface area contributed by atoms with Gasteiger partial charge in [0.15, 0.2) is 5.75 Å². The van der Waals surface area contributed by atoms with Crippen LogP contribution in [0, 0.1) is 5.82 Å². The fourth-order valence-electron chi connectivity index (χ4n) is 6.01. The summed E-state index contributed by atoms with van der Waals surface area (Å²) in [4.78, 5) is 30.7. The van der Waals surface area contributed by atoms with Gasteiger partial charge >= 0.3 is 5.97 Å². The number of hydrogen-bond acceptors (Lipinski definition) is 6. The van der Waals surface area contributed by atoms with Gasteiger partial charge in [-0.2, -0.15) is 0 Å². The van der Waals surface area contributed by atoms with Crippen LogP contribution in [-0.4, -0.2) is 72.8 Å². The molecular formula is C31H34FN3O4. The van der Waals surface area contributed by atoms with E-state index < -0.39 is 17.2 Å². The van der Waals surface area contributed by atoms with Crippen LogP contribution in [0.1, 0.15) is 47.3 Å². The minimum Gasteiger partial charge on any atom is -0.494 e. The Hall–Kier alpha value is -3.49. The smallest absolute Gasteiger partial charge is 0.343 e. The molecule has 1 atom stereocenters. The van der Waals surface area contributed by atoms with E-state index in [9.17, 15) is 9.59 Å². The van der Waals surface area contributed by atoms with Crippen molar-refractivity contribution in [3.8, 4) is 5.75 Å². The molecule has 7 nitrogen and oxygen atoms in total. The summed E-state index contributed by atoms with van der Waals surface area (Å²) in [6.07, 6.45) is 6.58. The average Bonchev–Trinajstić information content (AvgIpc) is 3.70. The number of ether oxygens (including phenoxy) is 2. The number of hydrogen-bond donors (Lipinski definition) is 0. The Morgan fingerprint density at radius 2 is 1.95 bits per heavy atom. The first-order chi connectivity index (χ1) is 19.0. The molecule has 2 fully saturated rings. The standard InChI is InChI=1S/C31H34FN3O4/c1-3-39-31(37)25-19-35(22-9-10-22)28-24(29(25)36)16-26(32)27(30(28)38-2)21-15-23-18-33(13-14-34(23)17-21)12-11-20-7-5-4-6-8-20/h4-8,15-16,19,22-23H,3,9-14,17-18H2,1-2H3. The molecule has 0 radical (unpaired) electrons. The second kappa shape index (κ2) is 10.6. The van der Waals surface area contributed by atoms with Gasteiger partial charge in [0.05, 0.1) is 30.2 Å². The summed E-state index contributed by atoms with van der Waals surface area (Å²) < 4.78 is 28.8. The van der Waals surface area contributed by atoms with Gasteiger partial charge in [0.25, 0.3) is 0 Å². The summed E-state index contributed by atoms with van der Waals surface area (Å²) in [6, 6.07) is 12.1. The lowest BCUT2D eigenvalue weighted by Gasteiger charge is -2.37. The van der Waals surface area contributed by atoms with E-state index in [0.717, 1.165) is 51.0 Å². The first-order valence-corrected chi connectivity index (χ1v) is 13.8. The number of esters is 1. The highest BCUT2D eigenvalue weighted by Gasteiger charge is 2.35. The molecule has 1 saturated carbocycles. The fraction of sp³-hybridized carbons (Fsp3) is 0.419. The third-order valence-corrected chi connectivity index (χ3v) is 8.13. The second-order valence-electron chi connectivity index (χ2n) is 10.7. The molecule has 6 rings (SSSR count). The molecule has 1 saturated heterocycles. The number of aromatic nitrogens is 1. The van der Waals surface area contributed by atoms with Crippen molar-refractivity contribution in [1.82, 2.24) is 14.4 Å². The molecule has 2 aliphatic heterocycles. The summed E-state index contributed by atoms with van der Waals surface area (Å²) in [5.74, 6) is -0.835. The van der Waals surface area contributed by atoms with Crippen LogP contribution in [0.15, 0.2) is 53.5 Å². The van der Waals surface area contributed by atoms with Crippen LogP contribution < -0.4 is 10.2 Å². The molecule has 3 aromatic rings. The summed E-state index contributed by atoms with van der Waals surface area (Å²) in [5.41, 5.74) is 2.57. The fourth-order valence-corrected chi connectivity index (χ4v) is 6.01. The summed E-state index contributed by atoms with van der Waals surface area (Å²) in [6.45, 7) is 6.24. The molecular weight excluding hydrogens is 497 g/mol. The van der Waals surface area contributed by atoms with Crippen molar-refractivity contribution in [2.45, 2.75) is 38.3 Å². The molecule has 0 spiro atoms. The number of nitrogens with zero attached hydrogens (tertiary/aromatic N) is 3. The van der Waals surface area contributed by atoms with Gasteiger partial charge < -0.3 is 14.0 Å². The van der Waals surface area contributed by atoms with Crippen molar-refractivity contribution >= 4 is 22.4 Å². The zero-order valence-corrected chi connectivity index (χ0v) is 22.5. The highest BCUT2D eigenvalue weighted by atomic mass is 19.1. The van der Waals surface area contributed by atoms with Crippen LogP contribution in [-0.2, 0) is 11.2 Å². The van der Waals surface area contributed by atoms with Crippen LogP contribution in [0.5, 0.6) is 5.75 Å². The Morgan fingerprint density at radius 3 is 2.67 bits per heavy atom. The summed E-state index contributed by atoms with van der Waals surface area (Å²) >= 11 is 0. The summed E-state index contributed by atoms with van der Waals surface area (Å²) in [5, 5.41) is 0.147. The van der Waals surface area contributed by atoms with E-state index in [1.54, 1.807) is 13.1 Å². The van der Waals surface area contributed by atoms with Crippen molar-refractivity contribution in [1.29, 1.82) is 0 Å². The van der Waals surface area contributed by atoms with Crippen LogP contribution in [0.4, 0.5) is 4.39 Å². The number of carbonyl (C=O) groups is 1. The quantitative estimate of drug-likeness (QED) is 0.404. The molecule has 1 unspecified atom stereocenters. The van der Waals surface area contributed by atoms with Crippen molar-refractivity contribution in [3.05, 3.63) is 81.4 Å². The van der Waals surface area contributed by atoms with Crippen LogP contribution in [0.25, 0.3) is 16.5 Å². The minimum absolute atomic E-state index is 0.0711. The van der Waals surface area contributed by atoms with E-state index in [0.29, 0.717) is 23.4 Å². The highest BCUT2D eigenvalue weighted by molar-refractivity contribution is 5.97. The number of halogens is 1. The summed E-state index contributed by atoms with van der Waals surface area (Å²) in [7, 11) is 1.52. The van der Waals surface area contributed by atoms with Gasteiger partial charge in [-0.1, -0.05) is 36.4 Å². The molecule has 1 aromatic heterocycles. The maximum atomic E-state index is 15.9. The molecule has 1 aliphatic carbocycles. The largest absolute Gasteiger partial charge is 0.494 e. The SMILES string of the molecule is CCOC(=O)c1cn(C2CC2)c2c(OC)c(C3=CC4CN(CCc5ccccc5)CCN4C3)c(F)cc2c1=O. The Morgan fingerprint density at radius 1 is 1.15 bits per heavy atom. The van der Waals surface area contributed by atoms with E-state index >= 15 is 4.39 Å². The van der Waals surface area contributed by atoms with Gasteiger partial charge in [-0.05, 0) is 43.4 Å². The molecule has 2 aromatic carbocycles. The van der Waals surface area contributed by atoms with Gasteiger partial charge in [0.1, 0.15) is 11.4 Å². The van der Waals surface area contributed by atoms with E-state index in [4.69, 9.17) is 9.47 Å². The number of pyridine rings is 1. The van der Waals surface area contributed by atoms with Crippen LogP contribution in [0.3, 0.4) is 0 Å². The normalized spacial score (nSPS) is 19.7. The number of piperazine rings is 1. The molecule has 3 aliphatic rings. The second-order valence-corrected chi connectivity index (χ2v) is 10.7. The lowest BCUT2D eigenvalue weighted by molar-refractivity contribution is 0.0524. The molecule has 3 heterocycles. The number of carbonyl (C=O) groups excluding carboxylic acids is 1. The Balaban J connectivity index is 1.35. The van der Waals surface area contributed by atoms with Crippen LogP contribution in [0.2, 0.25) is 0 Å². The molecule has 8 heteroatoms. The zero-order valence-electron chi connectivity index (χ0n) is 22.5. The highest BCUT2D eigenvalue weighted by Crippen LogP contribution is 2.43. The zero-order chi connectivity index (χ0) is 27.1. The van der Waals surface area contributed by atoms with Crippen molar-refractivity contribution in [3.63, 3.8) is 0 Å². The molecule has 39 heavy (non-hydrogen) atoms. The molecule has 0 bridgehead atoms. The Kier molecular flexibility index (Phi) is 6.99. The first-order valence-electron chi connectivity index (χ1n) is 13.8. The van der Waals surface area contributed by atoms with E-state index in [1.807, 2.05) is 10.6 Å². The number of methoxy groups -OCH3 is 1. The average molecular weight is 532 g/mol. The van der Waals surface area contributed by atoms with Gasteiger partial charge in [-0.3, -0.25) is 14.6 Å². The predicted molar refractivity (Wildman–Crippen MR) is 149 cm³/mol. The van der Waals surface area contributed by atoms with E-state index in [-0.39, 0.29) is 29.6 Å². The van der Waals surface area contributed by atoms with Gasteiger partial charge in [-0.25, -0.2) is 9.18 Å². The Bertz CT molecular complexity index is 1500. The van der Waals surface area contributed by atoms with Crippen LogP contribution >= 0.6 is 0 Å². The van der Waals surface area contributed by atoms with E-state index in [2.05, 4.69) is 40.1 Å². The topological polar surface area (TPSA) is 64.0 Å². The monoisotopic (exact) mass is 531 g/mol. The number of fused-ring (bicyclic) bond motifs is 2. The Labute approximate surface area is 227 Å². The number of benzene rings is 2. The third kappa shape index (κ3) is 4.87. The first kappa shape index (κ1) is 25.8. The van der Waals surface area contributed by atoms with Gasteiger partial charge in [0, 0.05) is 51.0 Å².